The molecule has 2 amide bonds. The Balaban J connectivity index is 1.48. The molecular weight excluding hydrogens is 328 g/mol. The Bertz CT molecular complexity index is 618. The largest absolute Gasteiger partial charge is 0.492 e. The first kappa shape index (κ1) is 17.0. The number of likely N-dealkylation sites (tertiary alicyclic amines) is 1. The quantitative estimate of drug-likeness (QED) is 0.585. The number of hydrogen-bond acceptors (Lipinski definition) is 4. The van der Waals surface area contributed by atoms with Gasteiger partial charge in [-0.05, 0) is 44.2 Å². The first-order chi connectivity index (χ1) is 11.6. The van der Waals surface area contributed by atoms with Gasteiger partial charge in [-0.2, -0.15) is 0 Å². The maximum Gasteiger partial charge on any atom is 0.234 e. The molecule has 0 spiro atoms. The molecule has 24 heavy (non-hydrogen) atoms. The lowest BCUT2D eigenvalue weighted by Crippen LogP contribution is -2.41. The third kappa shape index (κ3) is 3.62. The maximum atomic E-state index is 12.4. The van der Waals surface area contributed by atoms with Gasteiger partial charge in [-0.1, -0.05) is 23.8 Å². The average Bonchev–Trinajstić information content (AvgIpc) is 2.82. The maximum absolute atomic E-state index is 12.4. The lowest BCUT2D eigenvalue weighted by atomic mass is 9.85. The van der Waals surface area contributed by atoms with Crippen molar-refractivity contribution in [1.29, 1.82) is 0 Å². The summed E-state index contributed by atoms with van der Waals surface area (Å²) in [5, 5.41) is 0.668. The molecule has 0 saturated carbocycles. The first-order valence-corrected chi connectivity index (χ1v) is 8.51. The van der Waals surface area contributed by atoms with Gasteiger partial charge in [-0.25, -0.2) is 0 Å². The molecule has 2 aliphatic rings. The highest BCUT2D eigenvalue weighted by atomic mass is 35.5. The van der Waals surface area contributed by atoms with Crippen molar-refractivity contribution in [2.75, 3.05) is 26.9 Å². The van der Waals surface area contributed by atoms with Crippen molar-refractivity contribution in [2.45, 2.75) is 12.8 Å². The normalized spacial score (nSPS) is 23.0. The van der Waals surface area contributed by atoms with E-state index in [0.717, 1.165) is 5.75 Å². The van der Waals surface area contributed by atoms with Gasteiger partial charge < -0.3 is 4.74 Å². The molecule has 0 bridgehead atoms. The number of fused-ring (bicyclic) bond motifs is 1. The number of amides is 2. The molecule has 1 aromatic carbocycles. The Labute approximate surface area is 146 Å². The third-order valence-corrected chi connectivity index (χ3v) is 4.79. The van der Waals surface area contributed by atoms with Gasteiger partial charge in [-0.15, -0.1) is 0 Å². The minimum atomic E-state index is -0.166. The van der Waals surface area contributed by atoms with E-state index in [1.54, 1.807) is 12.1 Å². The fraction of sp³-hybridized carbons (Fsp3) is 0.444. The van der Waals surface area contributed by atoms with Gasteiger partial charge >= 0.3 is 0 Å². The van der Waals surface area contributed by atoms with Gasteiger partial charge in [0.25, 0.3) is 0 Å². The smallest absolute Gasteiger partial charge is 0.234 e. The zero-order valence-electron chi connectivity index (χ0n) is 13.7. The number of halogens is 1. The van der Waals surface area contributed by atoms with E-state index in [-0.39, 0.29) is 23.7 Å². The van der Waals surface area contributed by atoms with Crippen LogP contribution in [0.15, 0.2) is 36.4 Å². The summed E-state index contributed by atoms with van der Waals surface area (Å²) in [6, 6.07) is 7.18. The van der Waals surface area contributed by atoms with Crippen molar-refractivity contribution >= 4 is 23.4 Å². The van der Waals surface area contributed by atoms with Crippen LogP contribution in [-0.2, 0) is 9.59 Å². The van der Waals surface area contributed by atoms with E-state index < -0.39 is 0 Å². The number of benzene rings is 1. The molecule has 1 fully saturated rings. The van der Waals surface area contributed by atoms with E-state index in [0.29, 0.717) is 37.7 Å². The lowest BCUT2D eigenvalue weighted by Gasteiger charge is -2.23. The molecule has 1 aliphatic carbocycles. The van der Waals surface area contributed by atoms with Crippen molar-refractivity contribution in [3.05, 3.63) is 41.4 Å². The van der Waals surface area contributed by atoms with E-state index in [1.165, 1.54) is 4.90 Å². The van der Waals surface area contributed by atoms with Crippen LogP contribution in [0.2, 0.25) is 5.02 Å². The molecule has 1 heterocycles. The summed E-state index contributed by atoms with van der Waals surface area (Å²) in [6.45, 7) is 1.41. The Hall–Kier alpha value is -1.85. The lowest BCUT2D eigenvalue weighted by molar-refractivity contribution is -0.142. The Morgan fingerprint density at radius 1 is 1.12 bits per heavy atom. The van der Waals surface area contributed by atoms with Crippen LogP contribution in [-0.4, -0.2) is 48.5 Å². The molecular formula is C18H21ClN2O3. The zero-order valence-corrected chi connectivity index (χ0v) is 14.4. The number of likely N-dealkylation sites (N-methyl/N-ethyl adjacent to an activating group) is 1. The number of allylic oxidation sites excluding steroid dienone is 2. The second-order valence-corrected chi connectivity index (χ2v) is 6.72. The average molecular weight is 349 g/mol. The SMILES string of the molecule is CN(CCOc1ccc(Cl)cc1)CN1C(=O)[C@H]2CC=CC[C@H]2C1=O. The van der Waals surface area contributed by atoms with E-state index in [1.807, 2.05) is 36.2 Å². The number of rotatable bonds is 6. The standard InChI is InChI=1S/C18H21ClN2O3/c1-20(10-11-24-14-8-6-13(19)7-9-14)12-21-17(22)15-4-2-3-5-16(15)18(21)23/h2-3,6-9,15-16H,4-5,10-12H2,1H3/t15-,16+. The molecule has 1 aliphatic heterocycles. The number of ether oxygens (including phenoxy) is 1. The minimum absolute atomic E-state index is 0.0418. The minimum Gasteiger partial charge on any atom is -0.492 e. The van der Waals surface area contributed by atoms with Crippen LogP contribution >= 0.6 is 11.6 Å². The van der Waals surface area contributed by atoms with Gasteiger partial charge in [0.2, 0.25) is 11.8 Å². The summed E-state index contributed by atoms with van der Waals surface area (Å²) in [7, 11) is 1.88. The van der Waals surface area contributed by atoms with E-state index in [9.17, 15) is 9.59 Å². The highest BCUT2D eigenvalue weighted by molar-refractivity contribution is 6.30. The molecule has 0 N–H and O–H groups in total. The van der Waals surface area contributed by atoms with Crippen LogP contribution in [0, 0.1) is 11.8 Å². The molecule has 6 heteroatoms. The van der Waals surface area contributed by atoms with E-state index >= 15 is 0 Å². The highest BCUT2D eigenvalue weighted by Gasteiger charge is 2.47. The van der Waals surface area contributed by atoms with Crippen molar-refractivity contribution in [2.24, 2.45) is 11.8 Å². The molecule has 1 aromatic rings. The molecule has 5 nitrogen and oxygen atoms in total. The number of carbonyl (C=O) groups is 2. The molecule has 2 atom stereocenters. The van der Waals surface area contributed by atoms with Crippen molar-refractivity contribution in [3.63, 3.8) is 0 Å². The van der Waals surface area contributed by atoms with Gasteiger partial charge in [0.1, 0.15) is 12.4 Å². The summed E-state index contributed by atoms with van der Waals surface area (Å²) < 4.78 is 5.65. The highest BCUT2D eigenvalue weighted by Crippen LogP contribution is 2.34. The zero-order chi connectivity index (χ0) is 17.1. The summed E-state index contributed by atoms with van der Waals surface area (Å²) in [5.74, 6) is 0.334. The van der Waals surface area contributed by atoms with Gasteiger partial charge in [-0.3, -0.25) is 19.4 Å². The molecule has 0 radical (unpaired) electrons. The summed E-state index contributed by atoms with van der Waals surface area (Å²) in [6.07, 6.45) is 5.35. The molecule has 3 rings (SSSR count). The van der Waals surface area contributed by atoms with E-state index in [2.05, 4.69) is 0 Å². The van der Waals surface area contributed by atoms with Crippen LogP contribution in [0.5, 0.6) is 5.75 Å². The fourth-order valence-electron chi connectivity index (χ4n) is 3.17. The molecule has 128 valence electrons. The monoisotopic (exact) mass is 348 g/mol. The second-order valence-electron chi connectivity index (χ2n) is 6.28. The number of hydrogen-bond donors (Lipinski definition) is 0. The van der Waals surface area contributed by atoms with Crippen LogP contribution < -0.4 is 4.74 Å². The topological polar surface area (TPSA) is 49.9 Å². The van der Waals surface area contributed by atoms with Crippen LogP contribution in [0.1, 0.15) is 12.8 Å². The van der Waals surface area contributed by atoms with Crippen molar-refractivity contribution in [3.8, 4) is 5.75 Å². The molecule has 1 saturated heterocycles. The van der Waals surface area contributed by atoms with Gasteiger partial charge in [0.15, 0.2) is 0 Å². The predicted molar refractivity (Wildman–Crippen MR) is 91.7 cm³/mol. The summed E-state index contributed by atoms with van der Waals surface area (Å²) >= 11 is 5.83. The van der Waals surface area contributed by atoms with Crippen molar-refractivity contribution < 1.29 is 14.3 Å². The number of imide groups is 1. The second kappa shape index (κ2) is 7.36. The predicted octanol–water partition coefficient (Wildman–Crippen LogP) is 2.56. The Morgan fingerprint density at radius 3 is 2.29 bits per heavy atom. The van der Waals surface area contributed by atoms with Crippen LogP contribution in [0.4, 0.5) is 0 Å². The number of nitrogens with zero attached hydrogens (tertiary/aromatic N) is 2. The fourth-order valence-corrected chi connectivity index (χ4v) is 3.30. The van der Waals surface area contributed by atoms with Gasteiger partial charge in [0.05, 0.1) is 18.5 Å². The Morgan fingerprint density at radius 2 is 1.71 bits per heavy atom. The number of carbonyl (C=O) groups excluding carboxylic acids is 2. The Kier molecular flexibility index (Phi) is 5.21. The van der Waals surface area contributed by atoms with E-state index in [4.69, 9.17) is 16.3 Å². The third-order valence-electron chi connectivity index (χ3n) is 4.54. The van der Waals surface area contributed by atoms with Gasteiger partial charge in [0, 0.05) is 11.6 Å². The van der Waals surface area contributed by atoms with Crippen molar-refractivity contribution in [1.82, 2.24) is 9.80 Å². The van der Waals surface area contributed by atoms with Crippen LogP contribution in [0.3, 0.4) is 0 Å². The summed E-state index contributed by atoms with van der Waals surface area (Å²) in [4.78, 5) is 28.1. The first-order valence-electron chi connectivity index (χ1n) is 8.13. The summed E-state index contributed by atoms with van der Waals surface area (Å²) in [5.41, 5.74) is 0. The molecule has 0 aromatic heterocycles. The van der Waals surface area contributed by atoms with Crippen LogP contribution in [0.25, 0.3) is 0 Å². The molecule has 0 unspecified atom stereocenters.